The average Bonchev–Trinajstić information content (AvgIpc) is 3.19. The number of anilines is 3. The summed E-state index contributed by atoms with van der Waals surface area (Å²) in [5, 5.41) is 8.74. The zero-order valence-electron chi connectivity index (χ0n) is 13.8. The third kappa shape index (κ3) is 3.86. The first-order valence-corrected chi connectivity index (χ1v) is 7.59. The van der Waals surface area contributed by atoms with E-state index in [9.17, 15) is 22.4 Å². The van der Waals surface area contributed by atoms with E-state index >= 15 is 0 Å². The molecule has 0 spiro atoms. The number of carbonyl (C=O) groups excluding carboxylic acids is 1. The predicted octanol–water partition coefficient (Wildman–Crippen LogP) is 3.17. The number of aromatic nitrogens is 4. The molecule has 0 aliphatic heterocycles. The molecular formula is C16H12F4N6O. The normalized spacial score (nSPS) is 11.9. The van der Waals surface area contributed by atoms with E-state index in [-0.39, 0.29) is 11.6 Å². The van der Waals surface area contributed by atoms with Crippen molar-refractivity contribution in [3.8, 4) is 0 Å². The second kappa shape index (κ2) is 7.40. The molecule has 27 heavy (non-hydrogen) atoms. The first-order chi connectivity index (χ1) is 12.9. The van der Waals surface area contributed by atoms with Gasteiger partial charge in [0.25, 0.3) is 11.9 Å². The summed E-state index contributed by atoms with van der Waals surface area (Å²) in [6.07, 6.45) is 2.70. The number of halogens is 4. The van der Waals surface area contributed by atoms with Crippen molar-refractivity contribution >= 4 is 23.0 Å². The van der Waals surface area contributed by atoms with Gasteiger partial charge in [0.1, 0.15) is 24.4 Å². The zero-order valence-corrected chi connectivity index (χ0v) is 13.8. The van der Waals surface area contributed by atoms with Gasteiger partial charge in [0.2, 0.25) is 17.5 Å². The Kier molecular flexibility index (Phi) is 5.01. The number of benzene rings is 1. The fraction of sp³-hybridized carbons (Fsp3) is 0.125. The Morgan fingerprint density at radius 3 is 2.19 bits per heavy atom. The molecule has 3 rings (SSSR count). The molecule has 0 radical (unpaired) electrons. The van der Waals surface area contributed by atoms with Crippen LogP contribution in [0, 0.1) is 23.5 Å². The summed E-state index contributed by atoms with van der Waals surface area (Å²) in [7, 11) is 0. The lowest BCUT2D eigenvalue weighted by Crippen LogP contribution is -2.24. The van der Waals surface area contributed by atoms with Crippen LogP contribution in [0.1, 0.15) is 13.0 Å². The minimum Gasteiger partial charge on any atom is -0.350 e. The van der Waals surface area contributed by atoms with E-state index in [0.717, 1.165) is 0 Å². The highest BCUT2D eigenvalue weighted by Gasteiger charge is 2.21. The minimum atomic E-state index is -1.76. The van der Waals surface area contributed by atoms with Crippen molar-refractivity contribution in [1.29, 1.82) is 0 Å². The standard InChI is InChI=1S/C16H12F4N6O/c1-8(26-7-21-6-22-26)16(27)24-10-4-2-9(3-5-10)23-13-11(17)14(19)25-15(20)12(13)18/h2-8H,1H3,(H,23,25)(H,24,27). The molecule has 3 aromatic rings. The zero-order chi connectivity index (χ0) is 19.6. The third-order valence-corrected chi connectivity index (χ3v) is 3.63. The Labute approximate surface area is 150 Å². The maximum atomic E-state index is 13.6. The molecule has 140 valence electrons. The SMILES string of the molecule is CC(C(=O)Nc1ccc(Nc2c(F)c(F)nc(F)c2F)cc1)n1cncn1. The molecule has 1 atom stereocenters. The maximum Gasteiger partial charge on any atom is 0.253 e. The van der Waals surface area contributed by atoms with Crippen molar-refractivity contribution < 1.29 is 22.4 Å². The molecular weight excluding hydrogens is 368 g/mol. The van der Waals surface area contributed by atoms with Crippen LogP contribution in [0.5, 0.6) is 0 Å². The van der Waals surface area contributed by atoms with E-state index in [1.807, 2.05) is 0 Å². The molecule has 1 aromatic carbocycles. The molecule has 0 fully saturated rings. The van der Waals surface area contributed by atoms with E-state index in [1.165, 1.54) is 41.6 Å². The average molecular weight is 380 g/mol. The largest absolute Gasteiger partial charge is 0.350 e. The Hall–Kier alpha value is -3.50. The van der Waals surface area contributed by atoms with Crippen molar-refractivity contribution in [2.24, 2.45) is 0 Å². The van der Waals surface area contributed by atoms with E-state index in [1.54, 1.807) is 6.92 Å². The monoisotopic (exact) mass is 380 g/mol. The molecule has 0 aliphatic carbocycles. The van der Waals surface area contributed by atoms with Gasteiger partial charge in [-0.3, -0.25) is 4.79 Å². The van der Waals surface area contributed by atoms with E-state index < -0.39 is 35.3 Å². The summed E-state index contributed by atoms with van der Waals surface area (Å²) in [6.45, 7) is 1.62. The van der Waals surface area contributed by atoms with Gasteiger partial charge in [-0.2, -0.15) is 27.6 Å². The summed E-state index contributed by atoms with van der Waals surface area (Å²) in [5.41, 5.74) is -0.470. The highest BCUT2D eigenvalue weighted by atomic mass is 19.2. The third-order valence-electron chi connectivity index (χ3n) is 3.63. The number of rotatable bonds is 5. The van der Waals surface area contributed by atoms with Crippen LogP contribution in [0.3, 0.4) is 0 Å². The van der Waals surface area contributed by atoms with Crippen molar-refractivity contribution in [2.45, 2.75) is 13.0 Å². The number of hydrogen-bond donors (Lipinski definition) is 2. The fourth-order valence-corrected chi connectivity index (χ4v) is 2.16. The van der Waals surface area contributed by atoms with Crippen LogP contribution in [0.15, 0.2) is 36.9 Å². The summed E-state index contributed by atoms with van der Waals surface area (Å²) in [6, 6.07) is 5.00. The maximum absolute atomic E-state index is 13.6. The van der Waals surface area contributed by atoms with Gasteiger partial charge in [-0.25, -0.2) is 9.67 Å². The van der Waals surface area contributed by atoms with Gasteiger partial charge in [0.15, 0.2) is 0 Å². The Morgan fingerprint density at radius 1 is 1.04 bits per heavy atom. The molecule has 2 aromatic heterocycles. The van der Waals surface area contributed by atoms with Gasteiger partial charge in [0, 0.05) is 11.4 Å². The number of pyridine rings is 1. The molecule has 0 saturated heterocycles. The summed E-state index contributed by atoms with van der Waals surface area (Å²) in [4.78, 5) is 18.4. The van der Waals surface area contributed by atoms with Crippen LogP contribution in [0.25, 0.3) is 0 Å². The summed E-state index contributed by atoms with van der Waals surface area (Å²) < 4.78 is 54.9. The number of carbonyl (C=O) groups is 1. The predicted molar refractivity (Wildman–Crippen MR) is 87.2 cm³/mol. The molecule has 0 bridgehead atoms. The Bertz CT molecular complexity index is 936. The summed E-state index contributed by atoms with van der Waals surface area (Å²) >= 11 is 0. The molecule has 1 amide bonds. The van der Waals surface area contributed by atoms with Crippen LogP contribution < -0.4 is 10.6 Å². The van der Waals surface area contributed by atoms with Crippen LogP contribution in [-0.2, 0) is 4.79 Å². The van der Waals surface area contributed by atoms with E-state index in [0.29, 0.717) is 5.69 Å². The van der Waals surface area contributed by atoms with Crippen molar-refractivity contribution in [2.75, 3.05) is 10.6 Å². The molecule has 11 heteroatoms. The smallest absolute Gasteiger partial charge is 0.253 e. The van der Waals surface area contributed by atoms with Gasteiger partial charge in [-0.1, -0.05) is 0 Å². The molecule has 2 N–H and O–H groups in total. The van der Waals surface area contributed by atoms with Gasteiger partial charge in [0.05, 0.1) is 0 Å². The summed E-state index contributed by atoms with van der Waals surface area (Å²) in [5.74, 6) is -7.18. The molecule has 0 saturated carbocycles. The lowest BCUT2D eigenvalue weighted by atomic mass is 10.2. The second-order valence-corrected chi connectivity index (χ2v) is 5.44. The van der Waals surface area contributed by atoms with Crippen LogP contribution in [0.4, 0.5) is 34.6 Å². The fourth-order valence-electron chi connectivity index (χ4n) is 2.16. The Balaban J connectivity index is 1.72. The van der Waals surface area contributed by atoms with Crippen molar-refractivity contribution in [3.63, 3.8) is 0 Å². The van der Waals surface area contributed by atoms with Crippen LogP contribution in [0.2, 0.25) is 0 Å². The van der Waals surface area contributed by atoms with Gasteiger partial charge in [-0.15, -0.1) is 0 Å². The van der Waals surface area contributed by atoms with Gasteiger partial charge < -0.3 is 10.6 Å². The van der Waals surface area contributed by atoms with E-state index in [2.05, 4.69) is 25.7 Å². The number of nitrogens with zero attached hydrogens (tertiary/aromatic N) is 4. The van der Waals surface area contributed by atoms with Crippen LogP contribution >= 0.6 is 0 Å². The van der Waals surface area contributed by atoms with E-state index in [4.69, 9.17) is 0 Å². The number of amides is 1. The molecule has 7 nitrogen and oxygen atoms in total. The quantitative estimate of drug-likeness (QED) is 0.525. The van der Waals surface area contributed by atoms with Crippen LogP contribution in [-0.4, -0.2) is 25.7 Å². The first-order valence-electron chi connectivity index (χ1n) is 7.59. The van der Waals surface area contributed by atoms with Gasteiger partial charge >= 0.3 is 0 Å². The molecule has 1 unspecified atom stereocenters. The highest BCUT2D eigenvalue weighted by molar-refractivity contribution is 5.93. The highest BCUT2D eigenvalue weighted by Crippen LogP contribution is 2.26. The lowest BCUT2D eigenvalue weighted by Gasteiger charge is -2.13. The number of hydrogen-bond acceptors (Lipinski definition) is 5. The molecule has 2 heterocycles. The topological polar surface area (TPSA) is 84.7 Å². The Morgan fingerprint density at radius 2 is 1.63 bits per heavy atom. The van der Waals surface area contributed by atoms with Crippen molar-refractivity contribution in [1.82, 2.24) is 19.7 Å². The first kappa shape index (κ1) is 18.3. The second-order valence-electron chi connectivity index (χ2n) is 5.44. The number of nitrogens with one attached hydrogen (secondary N) is 2. The van der Waals surface area contributed by atoms with Crippen molar-refractivity contribution in [3.05, 3.63) is 60.4 Å². The molecule has 0 aliphatic rings. The minimum absolute atomic E-state index is 0.139. The van der Waals surface area contributed by atoms with Gasteiger partial charge in [-0.05, 0) is 31.2 Å². The lowest BCUT2D eigenvalue weighted by molar-refractivity contribution is -0.119.